The van der Waals surface area contributed by atoms with Crippen LogP contribution in [-0.2, 0) is 0 Å². The SMILES string of the molecule is O=C(Nc1ccc([N+](=O)[O-])cc1)Nc1nnc(-c2ccccc2)o1. The fourth-order valence-electron chi connectivity index (χ4n) is 1.90. The van der Waals surface area contributed by atoms with Crippen LogP contribution in [0.5, 0.6) is 0 Å². The first-order valence-electron chi connectivity index (χ1n) is 6.83. The molecule has 0 spiro atoms. The molecule has 9 nitrogen and oxygen atoms in total. The lowest BCUT2D eigenvalue weighted by Gasteiger charge is -2.04. The van der Waals surface area contributed by atoms with Crippen LogP contribution in [0.25, 0.3) is 11.5 Å². The van der Waals surface area contributed by atoms with E-state index in [0.29, 0.717) is 5.69 Å². The van der Waals surface area contributed by atoms with Gasteiger partial charge >= 0.3 is 12.0 Å². The second kappa shape index (κ2) is 6.57. The molecule has 0 bridgehead atoms. The standard InChI is InChI=1S/C15H11N5O4/c21-14(16-11-6-8-12(9-7-11)20(22)23)17-15-19-18-13(24-15)10-4-2-1-3-5-10/h1-9H,(H2,16,17,19,21). The van der Waals surface area contributed by atoms with Crippen molar-refractivity contribution in [2.24, 2.45) is 0 Å². The normalized spacial score (nSPS) is 10.2. The van der Waals surface area contributed by atoms with Crippen molar-refractivity contribution >= 4 is 23.4 Å². The van der Waals surface area contributed by atoms with Crippen molar-refractivity contribution in [3.63, 3.8) is 0 Å². The van der Waals surface area contributed by atoms with Crippen LogP contribution in [0, 0.1) is 10.1 Å². The van der Waals surface area contributed by atoms with Crippen LogP contribution in [0.4, 0.5) is 22.2 Å². The molecule has 2 aromatic carbocycles. The maximum absolute atomic E-state index is 11.9. The number of hydrogen-bond donors (Lipinski definition) is 2. The van der Waals surface area contributed by atoms with Gasteiger partial charge in [-0.25, -0.2) is 4.79 Å². The molecule has 0 saturated carbocycles. The number of amides is 2. The molecule has 2 amide bonds. The highest BCUT2D eigenvalue weighted by Crippen LogP contribution is 2.19. The number of urea groups is 1. The number of nitrogens with zero attached hydrogens (tertiary/aromatic N) is 3. The summed E-state index contributed by atoms with van der Waals surface area (Å²) >= 11 is 0. The fraction of sp³-hybridized carbons (Fsp3) is 0. The van der Waals surface area contributed by atoms with Gasteiger partial charge in [0.1, 0.15) is 0 Å². The summed E-state index contributed by atoms with van der Waals surface area (Å²) in [5, 5.41) is 23.0. The first-order valence-corrected chi connectivity index (χ1v) is 6.83. The third kappa shape index (κ3) is 3.53. The molecule has 120 valence electrons. The summed E-state index contributed by atoms with van der Waals surface area (Å²) in [6.45, 7) is 0. The number of nitro benzene ring substituents is 1. The number of nitro groups is 1. The second-order valence-corrected chi connectivity index (χ2v) is 4.66. The molecule has 0 saturated heterocycles. The highest BCUT2D eigenvalue weighted by Gasteiger charge is 2.11. The minimum absolute atomic E-state index is 0.0618. The first-order chi connectivity index (χ1) is 11.6. The summed E-state index contributed by atoms with van der Waals surface area (Å²) in [7, 11) is 0. The number of carbonyl (C=O) groups is 1. The molecular formula is C15H11N5O4. The quantitative estimate of drug-likeness (QED) is 0.560. The predicted octanol–water partition coefficient (Wildman–Crippen LogP) is 3.29. The summed E-state index contributed by atoms with van der Waals surface area (Å²) in [4.78, 5) is 21.9. The van der Waals surface area contributed by atoms with E-state index in [0.717, 1.165) is 5.56 Å². The van der Waals surface area contributed by atoms with Gasteiger partial charge in [0.2, 0.25) is 5.89 Å². The Labute approximate surface area is 135 Å². The molecule has 0 aliphatic carbocycles. The molecule has 0 aliphatic rings. The lowest BCUT2D eigenvalue weighted by molar-refractivity contribution is -0.384. The van der Waals surface area contributed by atoms with Gasteiger partial charge < -0.3 is 9.73 Å². The van der Waals surface area contributed by atoms with Crippen molar-refractivity contribution in [1.29, 1.82) is 0 Å². The number of anilines is 2. The van der Waals surface area contributed by atoms with Crippen LogP contribution in [0.15, 0.2) is 59.0 Å². The molecule has 24 heavy (non-hydrogen) atoms. The van der Waals surface area contributed by atoms with Gasteiger partial charge in [0, 0.05) is 23.4 Å². The van der Waals surface area contributed by atoms with Crippen LogP contribution in [0.3, 0.4) is 0 Å². The van der Waals surface area contributed by atoms with E-state index in [9.17, 15) is 14.9 Å². The zero-order valence-electron chi connectivity index (χ0n) is 12.2. The maximum Gasteiger partial charge on any atom is 0.327 e. The zero-order chi connectivity index (χ0) is 16.9. The van der Waals surface area contributed by atoms with E-state index in [-0.39, 0.29) is 17.6 Å². The largest absolute Gasteiger partial charge is 0.403 e. The van der Waals surface area contributed by atoms with Crippen LogP contribution < -0.4 is 10.6 Å². The lowest BCUT2D eigenvalue weighted by atomic mass is 10.2. The zero-order valence-corrected chi connectivity index (χ0v) is 12.2. The van der Waals surface area contributed by atoms with Crippen LogP contribution >= 0.6 is 0 Å². The highest BCUT2D eigenvalue weighted by molar-refractivity contribution is 5.98. The fourth-order valence-corrected chi connectivity index (χ4v) is 1.90. The number of nitrogens with one attached hydrogen (secondary N) is 2. The molecule has 3 aromatic rings. The van der Waals surface area contributed by atoms with Gasteiger partial charge in [0.05, 0.1) is 4.92 Å². The summed E-state index contributed by atoms with van der Waals surface area (Å²) in [5.41, 5.74) is 1.06. The average molecular weight is 325 g/mol. The van der Waals surface area contributed by atoms with Crippen molar-refractivity contribution in [2.75, 3.05) is 10.6 Å². The summed E-state index contributed by atoms with van der Waals surface area (Å²) < 4.78 is 5.35. The van der Waals surface area contributed by atoms with Crippen molar-refractivity contribution in [3.05, 3.63) is 64.7 Å². The van der Waals surface area contributed by atoms with Crippen LogP contribution in [-0.4, -0.2) is 21.2 Å². The Morgan fingerprint density at radius 2 is 1.71 bits per heavy atom. The van der Waals surface area contributed by atoms with Gasteiger partial charge in [-0.3, -0.25) is 15.4 Å². The van der Waals surface area contributed by atoms with E-state index < -0.39 is 11.0 Å². The Hall–Kier alpha value is -3.75. The minimum Gasteiger partial charge on any atom is -0.403 e. The molecule has 2 N–H and O–H groups in total. The van der Waals surface area contributed by atoms with Gasteiger partial charge in [0.15, 0.2) is 0 Å². The van der Waals surface area contributed by atoms with E-state index >= 15 is 0 Å². The molecule has 3 rings (SSSR count). The smallest absolute Gasteiger partial charge is 0.327 e. The van der Waals surface area contributed by atoms with Gasteiger partial charge in [-0.1, -0.05) is 23.3 Å². The van der Waals surface area contributed by atoms with Gasteiger partial charge in [-0.05, 0) is 24.3 Å². The summed E-state index contributed by atoms with van der Waals surface area (Å²) in [6, 6.07) is 13.9. The van der Waals surface area contributed by atoms with Crippen molar-refractivity contribution in [1.82, 2.24) is 10.2 Å². The predicted molar refractivity (Wildman–Crippen MR) is 85.5 cm³/mol. The van der Waals surface area contributed by atoms with Gasteiger partial charge in [-0.2, -0.15) is 0 Å². The number of aromatic nitrogens is 2. The molecule has 0 aliphatic heterocycles. The van der Waals surface area contributed by atoms with E-state index in [1.165, 1.54) is 24.3 Å². The second-order valence-electron chi connectivity index (χ2n) is 4.66. The Bertz CT molecular complexity index is 861. The van der Waals surface area contributed by atoms with Crippen molar-refractivity contribution in [2.45, 2.75) is 0 Å². The monoisotopic (exact) mass is 325 g/mol. The summed E-state index contributed by atoms with van der Waals surface area (Å²) in [5.74, 6) is 0.279. The maximum atomic E-state index is 11.9. The Balaban J connectivity index is 1.63. The van der Waals surface area contributed by atoms with E-state index in [4.69, 9.17) is 4.42 Å². The van der Waals surface area contributed by atoms with Crippen LogP contribution in [0.2, 0.25) is 0 Å². The molecule has 0 unspecified atom stereocenters. The third-order valence-corrected chi connectivity index (χ3v) is 3.00. The van der Waals surface area contributed by atoms with Gasteiger partial charge in [-0.15, -0.1) is 5.10 Å². The molecule has 1 heterocycles. The molecule has 9 heteroatoms. The number of non-ortho nitro benzene ring substituents is 1. The number of rotatable bonds is 4. The van der Waals surface area contributed by atoms with E-state index in [2.05, 4.69) is 20.8 Å². The van der Waals surface area contributed by atoms with Crippen LogP contribution in [0.1, 0.15) is 0 Å². The molecule has 1 aromatic heterocycles. The number of benzene rings is 2. The number of carbonyl (C=O) groups excluding carboxylic acids is 1. The molecule has 0 radical (unpaired) electrons. The van der Waals surface area contributed by atoms with E-state index in [1.54, 1.807) is 12.1 Å². The Morgan fingerprint density at radius 3 is 2.38 bits per heavy atom. The Morgan fingerprint density at radius 1 is 1.00 bits per heavy atom. The lowest BCUT2D eigenvalue weighted by Crippen LogP contribution is -2.19. The minimum atomic E-state index is -0.605. The van der Waals surface area contributed by atoms with Crippen molar-refractivity contribution in [3.8, 4) is 11.5 Å². The highest BCUT2D eigenvalue weighted by atomic mass is 16.6. The van der Waals surface area contributed by atoms with E-state index in [1.807, 2.05) is 18.2 Å². The average Bonchev–Trinajstić information content (AvgIpc) is 3.04. The third-order valence-electron chi connectivity index (χ3n) is 3.00. The van der Waals surface area contributed by atoms with Crippen molar-refractivity contribution < 1.29 is 14.1 Å². The summed E-state index contributed by atoms with van der Waals surface area (Å²) in [6.07, 6.45) is 0. The number of hydrogen-bond acceptors (Lipinski definition) is 6. The topological polar surface area (TPSA) is 123 Å². The first kappa shape index (κ1) is 15.2. The molecule has 0 fully saturated rings. The molecular weight excluding hydrogens is 314 g/mol. The van der Waals surface area contributed by atoms with Gasteiger partial charge in [0.25, 0.3) is 5.69 Å². The Kier molecular flexibility index (Phi) is 4.15. The molecule has 0 atom stereocenters.